The van der Waals surface area contributed by atoms with Crippen LogP contribution in [0.25, 0.3) is 0 Å². The van der Waals surface area contributed by atoms with Crippen LogP contribution in [0, 0.1) is 0 Å². The number of rotatable bonds is 33. The van der Waals surface area contributed by atoms with E-state index in [9.17, 15) is 28.8 Å². The first-order valence-electron chi connectivity index (χ1n) is 23.3. The molecular weight excluding hydrogens is 767 g/mol. The Bertz CT molecular complexity index is 1150. The molecule has 1 N–H and O–H groups in total. The molecule has 0 saturated carbocycles. The molecule has 0 bridgehead atoms. The summed E-state index contributed by atoms with van der Waals surface area (Å²) in [5.74, 6) is -2.85. The van der Waals surface area contributed by atoms with E-state index in [1.807, 2.05) is 0 Å². The lowest BCUT2D eigenvalue weighted by Crippen LogP contribution is -2.50. The molecular formula is C48H87NO11. The minimum atomic E-state index is -1.10. The Hall–Kier alpha value is -3.18. The third kappa shape index (κ3) is 34.5. The largest absolute Gasteiger partial charge is 0.465 e. The van der Waals surface area contributed by atoms with E-state index in [4.69, 9.17) is 23.7 Å². The van der Waals surface area contributed by atoms with Crippen LogP contribution in [0.15, 0.2) is 0 Å². The molecule has 0 aromatic rings. The lowest BCUT2D eigenvalue weighted by molar-refractivity contribution is -0.159. The second-order valence-corrected chi connectivity index (χ2v) is 19.5. The van der Waals surface area contributed by atoms with E-state index in [1.54, 1.807) is 62.3 Å². The van der Waals surface area contributed by atoms with Crippen molar-refractivity contribution < 1.29 is 52.5 Å². The summed E-state index contributed by atoms with van der Waals surface area (Å²) in [5.41, 5.74) is -3.24. The highest BCUT2D eigenvalue weighted by Crippen LogP contribution is 2.29. The summed E-state index contributed by atoms with van der Waals surface area (Å²) in [7, 11) is 0. The molecule has 0 rings (SSSR count). The van der Waals surface area contributed by atoms with Gasteiger partial charge in [0.25, 0.3) is 0 Å². The number of amides is 1. The molecule has 12 nitrogen and oxygen atoms in total. The standard InChI is InChI=1S/C48H87NO11/c1-12-14-16-18-20-23-27-38(28-24-21-19-17-15-13-2)57-44(55)37-43(54)56-36-26-22-25-29-39(50)49-48(33-30-40(51)58-45(3,4)5,34-31-41(52)59-46(6,7)8)35-32-42(53)60-47(9,10)11/h38H,12-37H2,1-11H3,(H,49,50). The van der Waals surface area contributed by atoms with Gasteiger partial charge in [-0.15, -0.1) is 0 Å². The van der Waals surface area contributed by atoms with Gasteiger partial charge >= 0.3 is 29.8 Å². The van der Waals surface area contributed by atoms with Crippen LogP contribution in [0.5, 0.6) is 0 Å². The van der Waals surface area contributed by atoms with Crippen LogP contribution in [0.2, 0.25) is 0 Å². The Morgan fingerprint density at radius 1 is 0.450 bits per heavy atom. The molecule has 350 valence electrons. The monoisotopic (exact) mass is 854 g/mol. The van der Waals surface area contributed by atoms with Crippen molar-refractivity contribution >= 4 is 35.8 Å². The van der Waals surface area contributed by atoms with Gasteiger partial charge in [0.1, 0.15) is 29.3 Å². The SMILES string of the molecule is CCCCCCCCC(CCCCCCCC)OC(=O)CC(=O)OCCCCCC(=O)NC(CCC(=O)OC(C)(C)C)(CCC(=O)OC(C)(C)C)CCC(=O)OC(C)(C)C. The van der Waals surface area contributed by atoms with E-state index in [0.717, 1.165) is 38.5 Å². The molecule has 0 unspecified atom stereocenters. The number of carbonyl (C=O) groups is 6. The van der Waals surface area contributed by atoms with Gasteiger partial charge in [0, 0.05) is 31.2 Å². The van der Waals surface area contributed by atoms with Crippen molar-refractivity contribution in [2.24, 2.45) is 0 Å². The Labute approximate surface area is 364 Å². The van der Waals surface area contributed by atoms with Crippen molar-refractivity contribution in [2.45, 2.75) is 265 Å². The smallest absolute Gasteiger partial charge is 0.317 e. The fraction of sp³-hybridized carbons (Fsp3) is 0.875. The highest BCUT2D eigenvalue weighted by atomic mass is 16.6. The number of ether oxygens (including phenoxy) is 5. The third-order valence-corrected chi connectivity index (χ3v) is 9.75. The number of hydrogen-bond acceptors (Lipinski definition) is 11. The van der Waals surface area contributed by atoms with Gasteiger partial charge in [0.15, 0.2) is 0 Å². The highest BCUT2D eigenvalue weighted by molar-refractivity contribution is 5.91. The van der Waals surface area contributed by atoms with Gasteiger partial charge in [0.05, 0.1) is 6.61 Å². The minimum Gasteiger partial charge on any atom is -0.465 e. The summed E-state index contributed by atoms with van der Waals surface area (Å²) in [4.78, 5) is 77.3. The molecule has 0 atom stereocenters. The van der Waals surface area contributed by atoms with Gasteiger partial charge in [-0.05, 0) is 127 Å². The normalized spacial score (nSPS) is 12.2. The summed E-state index contributed by atoms with van der Waals surface area (Å²) in [6.45, 7) is 20.4. The zero-order chi connectivity index (χ0) is 45.7. The van der Waals surface area contributed by atoms with Crippen molar-refractivity contribution in [3.05, 3.63) is 0 Å². The first kappa shape index (κ1) is 56.8. The number of hydrogen-bond donors (Lipinski definition) is 1. The van der Waals surface area contributed by atoms with Crippen LogP contribution in [0.3, 0.4) is 0 Å². The summed E-state index contributed by atoms with van der Waals surface area (Å²) in [6.07, 6.45) is 16.9. The molecule has 0 aliphatic heterocycles. The van der Waals surface area contributed by atoms with Crippen molar-refractivity contribution in [2.75, 3.05) is 6.61 Å². The van der Waals surface area contributed by atoms with E-state index in [-0.39, 0.29) is 63.6 Å². The molecule has 0 aromatic heterocycles. The zero-order valence-electron chi connectivity index (χ0n) is 40.0. The first-order valence-corrected chi connectivity index (χ1v) is 23.3. The zero-order valence-corrected chi connectivity index (χ0v) is 40.0. The second kappa shape index (κ2) is 30.8. The molecule has 0 spiro atoms. The Morgan fingerprint density at radius 3 is 1.23 bits per heavy atom. The van der Waals surface area contributed by atoms with Gasteiger partial charge in [-0.25, -0.2) is 0 Å². The average molecular weight is 854 g/mol. The van der Waals surface area contributed by atoms with Crippen LogP contribution in [0.1, 0.15) is 237 Å². The molecule has 1 amide bonds. The predicted molar refractivity (Wildman–Crippen MR) is 236 cm³/mol. The van der Waals surface area contributed by atoms with E-state index in [2.05, 4.69) is 19.2 Å². The molecule has 0 radical (unpaired) electrons. The van der Waals surface area contributed by atoms with Crippen molar-refractivity contribution in [3.8, 4) is 0 Å². The number of unbranched alkanes of at least 4 members (excludes halogenated alkanes) is 12. The fourth-order valence-electron chi connectivity index (χ4n) is 6.84. The van der Waals surface area contributed by atoms with Gasteiger partial charge in [-0.2, -0.15) is 0 Å². The fourth-order valence-corrected chi connectivity index (χ4v) is 6.84. The van der Waals surface area contributed by atoms with E-state index in [0.29, 0.717) is 19.3 Å². The Morgan fingerprint density at radius 2 is 0.833 bits per heavy atom. The average Bonchev–Trinajstić information content (AvgIpc) is 3.11. The number of carbonyl (C=O) groups excluding carboxylic acids is 6. The van der Waals surface area contributed by atoms with E-state index >= 15 is 0 Å². The number of esters is 5. The molecule has 60 heavy (non-hydrogen) atoms. The van der Waals surface area contributed by atoms with Gasteiger partial charge in [0.2, 0.25) is 5.91 Å². The Kier molecular flexibility index (Phi) is 29.2. The van der Waals surface area contributed by atoms with Gasteiger partial charge < -0.3 is 29.0 Å². The van der Waals surface area contributed by atoms with Crippen LogP contribution < -0.4 is 5.32 Å². The van der Waals surface area contributed by atoms with Crippen LogP contribution in [-0.2, 0) is 52.5 Å². The summed E-state index contributed by atoms with van der Waals surface area (Å²) in [6, 6.07) is 0. The Balaban J connectivity index is 5.32. The molecule has 0 aromatic carbocycles. The topological polar surface area (TPSA) is 161 Å². The van der Waals surface area contributed by atoms with Crippen LogP contribution in [-0.4, -0.2) is 70.8 Å². The summed E-state index contributed by atoms with van der Waals surface area (Å²) >= 11 is 0. The predicted octanol–water partition coefficient (Wildman–Crippen LogP) is 11.1. The molecule has 0 saturated heterocycles. The van der Waals surface area contributed by atoms with E-state index in [1.165, 1.54) is 51.4 Å². The molecule has 0 aliphatic carbocycles. The van der Waals surface area contributed by atoms with Crippen molar-refractivity contribution in [1.29, 1.82) is 0 Å². The maximum atomic E-state index is 13.5. The quantitative estimate of drug-likeness (QED) is 0.0289. The van der Waals surface area contributed by atoms with Crippen molar-refractivity contribution in [3.63, 3.8) is 0 Å². The first-order chi connectivity index (χ1) is 28.0. The second-order valence-electron chi connectivity index (χ2n) is 19.5. The summed E-state index contributed by atoms with van der Waals surface area (Å²) in [5, 5.41) is 3.08. The van der Waals surface area contributed by atoms with Gasteiger partial charge in [-0.3, -0.25) is 28.8 Å². The molecule has 0 heterocycles. The lowest BCUT2D eigenvalue weighted by Gasteiger charge is -2.36. The molecule has 12 heteroatoms. The van der Waals surface area contributed by atoms with Gasteiger partial charge in [-0.1, -0.05) is 78.1 Å². The highest BCUT2D eigenvalue weighted by Gasteiger charge is 2.35. The number of nitrogens with one attached hydrogen (secondary N) is 1. The van der Waals surface area contributed by atoms with Crippen LogP contribution >= 0.6 is 0 Å². The third-order valence-electron chi connectivity index (χ3n) is 9.75. The van der Waals surface area contributed by atoms with Crippen LogP contribution in [0.4, 0.5) is 0 Å². The minimum absolute atomic E-state index is 0.0436. The van der Waals surface area contributed by atoms with E-state index < -0.39 is 58.6 Å². The maximum absolute atomic E-state index is 13.5. The maximum Gasteiger partial charge on any atom is 0.317 e. The molecule has 0 aliphatic rings. The summed E-state index contributed by atoms with van der Waals surface area (Å²) < 4.78 is 27.7. The van der Waals surface area contributed by atoms with Crippen molar-refractivity contribution in [1.82, 2.24) is 5.32 Å². The molecule has 0 fully saturated rings. The lowest BCUT2D eigenvalue weighted by atomic mass is 9.83.